The van der Waals surface area contributed by atoms with Crippen LogP contribution in [0.1, 0.15) is 11.1 Å². The number of hydrogen-bond acceptors (Lipinski definition) is 3. The van der Waals surface area contributed by atoms with Gasteiger partial charge in [0.1, 0.15) is 5.82 Å². The largest absolute Gasteiger partial charge is 0.327 e. The first-order valence-corrected chi connectivity index (χ1v) is 7.54. The van der Waals surface area contributed by atoms with Crippen LogP contribution in [0.4, 0.5) is 0 Å². The highest BCUT2D eigenvalue weighted by Gasteiger charge is 2.05. The summed E-state index contributed by atoms with van der Waals surface area (Å²) in [5, 5.41) is 8.46. The Kier molecular flexibility index (Phi) is 6.51. The second kappa shape index (κ2) is 8.82. The maximum absolute atomic E-state index is 11.0. The smallest absolute Gasteiger partial charge is 0.267 e. The van der Waals surface area contributed by atoms with Gasteiger partial charge in [0.2, 0.25) is 0 Å². The summed E-state index contributed by atoms with van der Waals surface area (Å²) in [6.07, 6.45) is 6.68. The summed E-state index contributed by atoms with van der Waals surface area (Å²) < 4.78 is 2.10. The molecule has 25 heavy (non-hydrogen) atoms. The number of carbonyl (C=O) groups excluding carboxylic acids is 1. The second-order valence-corrected chi connectivity index (χ2v) is 5.30. The third-order valence-corrected chi connectivity index (χ3v) is 3.62. The summed E-state index contributed by atoms with van der Waals surface area (Å²) in [4.78, 5) is 15.4. The molecule has 5 nitrogen and oxygen atoms in total. The lowest BCUT2D eigenvalue weighted by Gasteiger charge is -2.08. The molecule has 0 saturated carbocycles. The van der Waals surface area contributed by atoms with Crippen LogP contribution in [-0.4, -0.2) is 20.7 Å². The van der Waals surface area contributed by atoms with E-state index >= 15 is 0 Å². The highest BCUT2D eigenvalue weighted by molar-refractivity contribution is 5.90. The van der Waals surface area contributed by atoms with E-state index in [1.807, 2.05) is 60.8 Å². The van der Waals surface area contributed by atoms with Crippen molar-refractivity contribution in [2.45, 2.75) is 6.54 Å². The van der Waals surface area contributed by atoms with Gasteiger partial charge in [-0.05, 0) is 17.2 Å². The van der Waals surface area contributed by atoms with Gasteiger partial charge in [0, 0.05) is 30.6 Å². The Balaban J connectivity index is 0.00000225. The van der Waals surface area contributed by atoms with E-state index in [-0.39, 0.29) is 12.4 Å². The topological polar surface area (TPSA) is 67.2 Å². The number of hydrogen-bond donors (Lipinski definition) is 2. The molecule has 0 aliphatic heterocycles. The van der Waals surface area contributed by atoms with Gasteiger partial charge in [-0.2, -0.15) is 0 Å². The van der Waals surface area contributed by atoms with Crippen molar-refractivity contribution in [3.63, 3.8) is 0 Å². The standard InChI is InChI=1S/C19H17N3O2.ClH/c23-18(21-24)11-10-15-6-8-16(9-7-15)14-22-13-12-20-19(22)17-4-2-1-3-5-17;/h1-13,24H,14H2,(H,21,23);1H/b11-10+;. The van der Waals surface area contributed by atoms with Crippen LogP contribution < -0.4 is 5.48 Å². The first-order valence-electron chi connectivity index (χ1n) is 7.54. The fraction of sp³-hybridized carbons (Fsp3) is 0.0526. The molecule has 0 unspecified atom stereocenters. The van der Waals surface area contributed by atoms with Crippen molar-refractivity contribution in [1.82, 2.24) is 15.0 Å². The number of imidazole rings is 1. The van der Waals surface area contributed by atoms with Gasteiger partial charge in [-0.15, -0.1) is 12.4 Å². The number of aromatic nitrogens is 2. The van der Waals surface area contributed by atoms with Crippen molar-refractivity contribution in [3.05, 3.63) is 84.2 Å². The molecule has 3 aromatic rings. The molecule has 0 aliphatic rings. The minimum atomic E-state index is -0.551. The summed E-state index contributed by atoms with van der Waals surface area (Å²) >= 11 is 0. The minimum Gasteiger partial charge on any atom is -0.327 e. The summed E-state index contributed by atoms with van der Waals surface area (Å²) in [5.41, 5.74) is 4.66. The molecule has 0 spiro atoms. The van der Waals surface area contributed by atoms with E-state index < -0.39 is 5.91 Å². The van der Waals surface area contributed by atoms with Gasteiger partial charge >= 0.3 is 0 Å². The monoisotopic (exact) mass is 355 g/mol. The Morgan fingerprint density at radius 1 is 1.12 bits per heavy atom. The molecule has 0 atom stereocenters. The van der Waals surface area contributed by atoms with Gasteiger partial charge in [-0.3, -0.25) is 10.0 Å². The molecular formula is C19H18ClN3O2. The van der Waals surface area contributed by atoms with Crippen molar-refractivity contribution in [1.29, 1.82) is 0 Å². The van der Waals surface area contributed by atoms with E-state index in [1.165, 1.54) is 6.08 Å². The summed E-state index contributed by atoms with van der Waals surface area (Å²) in [6, 6.07) is 17.9. The molecule has 0 radical (unpaired) electrons. The number of halogens is 1. The lowest BCUT2D eigenvalue weighted by Crippen LogP contribution is -2.14. The van der Waals surface area contributed by atoms with E-state index in [0.717, 1.165) is 22.5 Å². The Bertz CT molecular complexity index is 843. The number of benzene rings is 2. The zero-order valence-corrected chi connectivity index (χ0v) is 14.2. The molecule has 1 heterocycles. The number of amides is 1. The van der Waals surface area contributed by atoms with Crippen LogP contribution in [-0.2, 0) is 11.3 Å². The molecule has 1 aromatic heterocycles. The van der Waals surface area contributed by atoms with E-state index in [1.54, 1.807) is 17.8 Å². The van der Waals surface area contributed by atoms with Gasteiger partial charge < -0.3 is 4.57 Å². The molecule has 0 aliphatic carbocycles. The number of nitrogens with one attached hydrogen (secondary N) is 1. The molecule has 128 valence electrons. The fourth-order valence-corrected chi connectivity index (χ4v) is 2.42. The SMILES string of the molecule is Cl.O=C(/C=C/c1ccc(Cn2ccnc2-c2ccccc2)cc1)NO. The highest BCUT2D eigenvalue weighted by Crippen LogP contribution is 2.18. The number of rotatable bonds is 5. The summed E-state index contributed by atoms with van der Waals surface area (Å²) in [5.74, 6) is 0.379. The van der Waals surface area contributed by atoms with Crippen LogP contribution in [0.5, 0.6) is 0 Å². The van der Waals surface area contributed by atoms with Gasteiger partial charge in [0.15, 0.2) is 0 Å². The Labute approximate surface area is 152 Å². The number of nitrogens with zero attached hydrogens (tertiary/aromatic N) is 2. The predicted molar refractivity (Wildman–Crippen MR) is 99.4 cm³/mol. The zero-order valence-electron chi connectivity index (χ0n) is 13.4. The Hall–Kier alpha value is -2.89. The van der Waals surface area contributed by atoms with Crippen molar-refractivity contribution in [2.24, 2.45) is 0 Å². The predicted octanol–water partition coefficient (Wildman–Crippen LogP) is 3.54. The maximum Gasteiger partial charge on any atom is 0.267 e. The van der Waals surface area contributed by atoms with E-state index in [2.05, 4.69) is 9.55 Å². The fourth-order valence-electron chi connectivity index (χ4n) is 2.42. The van der Waals surface area contributed by atoms with Crippen molar-refractivity contribution >= 4 is 24.4 Å². The first kappa shape index (κ1) is 18.4. The summed E-state index contributed by atoms with van der Waals surface area (Å²) in [6.45, 7) is 0.714. The van der Waals surface area contributed by atoms with Crippen LogP contribution in [0.3, 0.4) is 0 Å². The molecule has 2 aromatic carbocycles. The van der Waals surface area contributed by atoms with Crippen molar-refractivity contribution in [2.75, 3.05) is 0 Å². The molecular weight excluding hydrogens is 338 g/mol. The normalized spacial score (nSPS) is 10.4. The molecule has 0 bridgehead atoms. The first-order chi connectivity index (χ1) is 11.8. The van der Waals surface area contributed by atoms with E-state index in [9.17, 15) is 4.79 Å². The second-order valence-electron chi connectivity index (χ2n) is 5.30. The third kappa shape index (κ3) is 4.79. The van der Waals surface area contributed by atoms with Crippen LogP contribution >= 0.6 is 12.4 Å². The highest BCUT2D eigenvalue weighted by atomic mass is 35.5. The molecule has 1 amide bonds. The van der Waals surface area contributed by atoms with Crippen LogP contribution in [0.25, 0.3) is 17.5 Å². The third-order valence-electron chi connectivity index (χ3n) is 3.62. The minimum absolute atomic E-state index is 0. The molecule has 0 saturated heterocycles. The number of hydroxylamine groups is 1. The van der Waals surface area contributed by atoms with Gasteiger partial charge in [-0.1, -0.05) is 54.6 Å². The van der Waals surface area contributed by atoms with Crippen LogP contribution in [0, 0.1) is 0 Å². The molecule has 6 heteroatoms. The average Bonchev–Trinajstić information content (AvgIpc) is 3.09. The van der Waals surface area contributed by atoms with Gasteiger partial charge in [0.05, 0.1) is 0 Å². The van der Waals surface area contributed by atoms with Crippen molar-refractivity contribution in [3.8, 4) is 11.4 Å². The maximum atomic E-state index is 11.0. The zero-order chi connectivity index (χ0) is 16.8. The van der Waals surface area contributed by atoms with E-state index in [0.29, 0.717) is 6.54 Å². The van der Waals surface area contributed by atoms with Gasteiger partial charge in [-0.25, -0.2) is 10.5 Å². The Morgan fingerprint density at radius 3 is 2.52 bits per heavy atom. The van der Waals surface area contributed by atoms with E-state index in [4.69, 9.17) is 5.21 Å². The number of carbonyl (C=O) groups is 1. The molecule has 3 rings (SSSR count). The lowest BCUT2D eigenvalue weighted by molar-refractivity contribution is -0.124. The quantitative estimate of drug-likeness (QED) is 0.418. The molecule has 0 fully saturated rings. The summed E-state index contributed by atoms with van der Waals surface area (Å²) in [7, 11) is 0. The molecule has 2 N–H and O–H groups in total. The van der Waals surface area contributed by atoms with Gasteiger partial charge in [0.25, 0.3) is 5.91 Å². The Morgan fingerprint density at radius 2 is 1.84 bits per heavy atom. The lowest BCUT2D eigenvalue weighted by atomic mass is 10.1. The van der Waals surface area contributed by atoms with Crippen LogP contribution in [0.15, 0.2) is 73.1 Å². The van der Waals surface area contributed by atoms with Crippen molar-refractivity contribution < 1.29 is 10.0 Å². The average molecular weight is 356 g/mol. The van der Waals surface area contributed by atoms with Crippen LogP contribution in [0.2, 0.25) is 0 Å².